The molecular weight excluding hydrogens is 321 g/mol. The van der Waals surface area contributed by atoms with Crippen molar-refractivity contribution in [3.8, 4) is 0 Å². The Labute approximate surface area is 146 Å². The molecule has 1 N–H and O–H groups in total. The van der Waals surface area contributed by atoms with E-state index in [9.17, 15) is 14.0 Å². The molecule has 2 aromatic rings. The summed E-state index contributed by atoms with van der Waals surface area (Å²) in [6, 6.07) is 13.6. The SMILES string of the molecule is CN(CC(=O)Nc1cccc(F)c1)CC(=O)N1CCc2ccccc21. The smallest absolute Gasteiger partial charge is 0.241 e. The van der Waals surface area contributed by atoms with Crippen LogP contribution < -0.4 is 10.2 Å². The van der Waals surface area contributed by atoms with Crippen LogP contribution in [0, 0.1) is 5.82 Å². The molecule has 1 heterocycles. The van der Waals surface area contributed by atoms with E-state index in [0.29, 0.717) is 12.2 Å². The molecule has 1 aliphatic heterocycles. The number of hydrogen-bond donors (Lipinski definition) is 1. The molecular formula is C19H20FN3O2. The van der Waals surface area contributed by atoms with Crippen LogP contribution in [0.2, 0.25) is 0 Å². The average molecular weight is 341 g/mol. The molecule has 6 heteroatoms. The molecule has 0 saturated heterocycles. The van der Waals surface area contributed by atoms with Gasteiger partial charge in [0.25, 0.3) is 0 Å². The highest BCUT2D eigenvalue weighted by molar-refractivity contribution is 5.97. The molecule has 130 valence electrons. The summed E-state index contributed by atoms with van der Waals surface area (Å²) < 4.78 is 13.1. The second kappa shape index (κ2) is 7.44. The standard InChI is InChI=1S/C19H20FN3O2/c1-22(12-18(24)21-16-7-4-6-15(20)11-16)13-19(25)23-10-9-14-5-2-3-8-17(14)23/h2-8,11H,9-10,12-13H2,1H3,(H,21,24). The second-order valence-corrected chi connectivity index (χ2v) is 6.15. The van der Waals surface area contributed by atoms with Gasteiger partial charge in [0, 0.05) is 17.9 Å². The maximum absolute atomic E-state index is 13.1. The number of nitrogens with zero attached hydrogens (tertiary/aromatic N) is 2. The van der Waals surface area contributed by atoms with Crippen molar-refractivity contribution in [2.75, 3.05) is 36.9 Å². The van der Waals surface area contributed by atoms with Crippen molar-refractivity contribution >= 4 is 23.2 Å². The Kier molecular flexibility index (Phi) is 5.09. The summed E-state index contributed by atoms with van der Waals surface area (Å²) in [6.07, 6.45) is 0.853. The fraction of sp³-hybridized carbons (Fsp3) is 0.263. The molecule has 5 nitrogen and oxygen atoms in total. The Bertz CT molecular complexity index is 794. The van der Waals surface area contributed by atoms with Crippen LogP contribution in [0.25, 0.3) is 0 Å². The first kappa shape index (κ1) is 17.1. The zero-order chi connectivity index (χ0) is 17.8. The lowest BCUT2D eigenvalue weighted by Crippen LogP contribution is -2.40. The number of halogens is 1. The van der Waals surface area contributed by atoms with Gasteiger partial charge in [-0.25, -0.2) is 4.39 Å². The second-order valence-electron chi connectivity index (χ2n) is 6.15. The normalized spacial score (nSPS) is 13.0. The number of likely N-dealkylation sites (N-methyl/N-ethyl adjacent to an activating group) is 1. The molecule has 0 aliphatic carbocycles. The molecule has 1 aliphatic rings. The minimum absolute atomic E-state index is 0.0361. The highest BCUT2D eigenvalue weighted by atomic mass is 19.1. The molecule has 0 unspecified atom stereocenters. The Morgan fingerprint density at radius 2 is 1.96 bits per heavy atom. The van der Waals surface area contributed by atoms with Crippen LogP contribution in [0.4, 0.5) is 15.8 Å². The first-order valence-electron chi connectivity index (χ1n) is 8.15. The van der Waals surface area contributed by atoms with E-state index in [4.69, 9.17) is 0 Å². The Morgan fingerprint density at radius 3 is 2.76 bits per heavy atom. The number of carbonyl (C=O) groups is 2. The van der Waals surface area contributed by atoms with E-state index in [0.717, 1.165) is 12.1 Å². The summed E-state index contributed by atoms with van der Waals surface area (Å²) in [7, 11) is 1.71. The van der Waals surface area contributed by atoms with E-state index < -0.39 is 5.82 Å². The largest absolute Gasteiger partial charge is 0.325 e. The van der Waals surface area contributed by atoms with Gasteiger partial charge in [0.2, 0.25) is 11.8 Å². The van der Waals surface area contributed by atoms with Gasteiger partial charge in [0.1, 0.15) is 5.82 Å². The average Bonchev–Trinajstić information content (AvgIpc) is 2.98. The summed E-state index contributed by atoms with van der Waals surface area (Å²) in [4.78, 5) is 28.0. The fourth-order valence-corrected chi connectivity index (χ4v) is 2.98. The van der Waals surface area contributed by atoms with Gasteiger partial charge in [-0.2, -0.15) is 0 Å². The van der Waals surface area contributed by atoms with Crippen molar-refractivity contribution in [1.29, 1.82) is 0 Å². The van der Waals surface area contributed by atoms with E-state index in [2.05, 4.69) is 5.32 Å². The van der Waals surface area contributed by atoms with E-state index in [-0.39, 0.29) is 24.9 Å². The third kappa shape index (κ3) is 4.22. The lowest BCUT2D eigenvalue weighted by Gasteiger charge is -2.21. The highest BCUT2D eigenvalue weighted by Crippen LogP contribution is 2.27. The molecule has 0 aromatic heterocycles. The van der Waals surface area contributed by atoms with Crippen molar-refractivity contribution in [3.05, 3.63) is 59.9 Å². The summed E-state index contributed by atoms with van der Waals surface area (Å²) >= 11 is 0. The molecule has 0 atom stereocenters. The molecule has 25 heavy (non-hydrogen) atoms. The first-order chi connectivity index (χ1) is 12.0. The molecule has 0 saturated carbocycles. The van der Waals surface area contributed by atoms with Gasteiger partial charge in [-0.3, -0.25) is 14.5 Å². The predicted octanol–water partition coefficient (Wildman–Crippen LogP) is 2.29. The molecule has 2 aromatic carbocycles. The van der Waals surface area contributed by atoms with Crippen molar-refractivity contribution in [1.82, 2.24) is 4.90 Å². The Morgan fingerprint density at radius 1 is 1.16 bits per heavy atom. The highest BCUT2D eigenvalue weighted by Gasteiger charge is 2.25. The quantitative estimate of drug-likeness (QED) is 0.908. The van der Waals surface area contributed by atoms with E-state index in [1.807, 2.05) is 24.3 Å². The van der Waals surface area contributed by atoms with Crippen molar-refractivity contribution < 1.29 is 14.0 Å². The number of fused-ring (bicyclic) bond motifs is 1. The van der Waals surface area contributed by atoms with Crippen LogP contribution >= 0.6 is 0 Å². The van der Waals surface area contributed by atoms with Gasteiger partial charge in [0.15, 0.2) is 0 Å². The van der Waals surface area contributed by atoms with Crippen molar-refractivity contribution in [2.24, 2.45) is 0 Å². The Balaban J connectivity index is 1.53. The van der Waals surface area contributed by atoms with E-state index >= 15 is 0 Å². The molecule has 0 fully saturated rings. The first-order valence-corrected chi connectivity index (χ1v) is 8.15. The predicted molar refractivity (Wildman–Crippen MR) is 95.0 cm³/mol. The number of rotatable bonds is 5. The van der Waals surface area contributed by atoms with Crippen LogP contribution in [0.3, 0.4) is 0 Å². The third-order valence-corrected chi connectivity index (χ3v) is 4.12. The number of carbonyl (C=O) groups excluding carboxylic acids is 2. The lowest BCUT2D eigenvalue weighted by atomic mass is 10.2. The number of para-hydroxylation sites is 1. The third-order valence-electron chi connectivity index (χ3n) is 4.12. The number of hydrogen-bond acceptors (Lipinski definition) is 3. The molecule has 0 bridgehead atoms. The van der Waals surface area contributed by atoms with Gasteiger partial charge < -0.3 is 10.2 Å². The minimum Gasteiger partial charge on any atom is -0.325 e. The monoisotopic (exact) mass is 341 g/mol. The number of amides is 2. The summed E-state index contributed by atoms with van der Waals surface area (Å²) in [5.41, 5.74) is 2.52. The van der Waals surface area contributed by atoms with Crippen LogP contribution in [0.15, 0.2) is 48.5 Å². The van der Waals surface area contributed by atoms with Gasteiger partial charge in [-0.05, 0) is 43.3 Å². The van der Waals surface area contributed by atoms with Gasteiger partial charge in [-0.1, -0.05) is 24.3 Å². The van der Waals surface area contributed by atoms with E-state index in [1.165, 1.54) is 23.8 Å². The van der Waals surface area contributed by atoms with Crippen LogP contribution in [-0.2, 0) is 16.0 Å². The molecule has 3 rings (SSSR count). The lowest BCUT2D eigenvalue weighted by molar-refractivity contribution is -0.120. The van der Waals surface area contributed by atoms with Crippen molar-refractivity contribution in [2.45, 2.75) is 6.42 Å². The van der Waals surface area contributed by atoms with Gasteiger partial charge >= 0.3 is 0 Å². The maximum atomic E-state index is 13.1. The van der Waals surface area contributed by atoms with E-state index in [1.54, 1.807) is 22.9 Å². The van der Waals surface area contributed by atoms with Crippen molar-refractivity contribution in [3.63, 3.8) is 0 Å². The zero-order valence-corrected chi connectivity index (χ0v) is 14.0. The molecule has 0 radical (unpaired) electrons. The van der Waals surface area contributed by atoms with Crippen LogP contribution in [-0.4, -0.2) is 43.4 Å². The summed E-state index contributed by atoms with van der Waals surface area (Å²) in [6.45, 7) is 0.865. The molecule has 0 spiro atoms. The summed E-state index contributed by atoms with van der Waals surface area (Å²) in [5, 5.41) is 2.63. The van der Waals surface area contributed by atoms with Crippen LogP contribution in [0.1, 0.15) is 5.56 Å². The topological polar surface area (TPSA) is 52.7 Å². The maximum Gasteiger partial charge on any atom is 0.241 e. The van der Waals surface area contributed by atoms with Gasteiger partial charge in [-0.15, -0.1) is 0 Å². The number of nitrogens with one attached hydrogen (secondary N) is 1. The number of benzene rings is 2. The number of anilines is 2. The summed E-state index contributed by atoms with van der Waals surface area (Å²) in [5.74, 6) is -0.734. The Hall–Kier alpha value is -2.73. The minimum atomic E-state index is -0.408. The van der Waals surface area contributed by atoms with Crippen LogP contribution in [0.5, 0.6) is 0 Å². The molecule has 2 amide bonds. The zero-order valence-electron chi connectivity index (χ0n) is 14.0. The van der Waals surface area contributed by atoms with Gasteiger partial charge in [0.05, 0.1) is 13.1 Å². The fourth-order valence-electron chi connectivity index (χ4n) is 2.98.